The summed E-state index contributed by atoms with van der Waals surface area (Å²) in [5.74, 6) is 0. The van der Waals surface area contributed by atoms with E-state index < -0.39 is 15.5 Å². The molecular weight excluding hydrogens is 412 g/mol. The molecule has 1 N–H and O–H groups in total. The van der Waals surface area contributed by atoms with Crippen LogP contribution in [0.3, 0.4) is 0 Å². The number of rotatable bonds is 7. The molecule has 0 radical (unpaired) electrons. The molecule has 158 valence electrons. The van der Waals surface area contributed by atoms with Crippen LogP contribution < -0.4 is 5.43 Å². The van der Waals surface area contributed by atoms with Crippen molar-refractivity contribution >= 4 is 23.3 Å². The van der Waals surface area contributed by atoms with Crippen molar-refractivity contribution in [2.45, 2.75) is 0 Å². The number of nitrogens with zero attached hydrogens (tertiary/aromatic N) is 5. The minimum absolute atomic E-state index is 0.0357. The third-order valence-corrected chi connectivity index (χ3v) is 4.59. The number of non-ortho nitro benzene ring substituents is 1. The number of para-hydroxylation sites is 1. The first-order chi connectivity index (χ1) is 15.5. The number of anilines is 1. The van der Waals surface area contributed by atoms with Gasteiger partial charge in [-0.1, -0.05) is 48.5 Å². The number of aromatic nitrogens is 2. The summed E-state index contributed by atoms with van der Waals surface area (Å²) in [5, 5.41) is 31.0. The highest BCUT2D eigenvalue weighted by molar-refractivity contribution is 5.89. The van der Waals surface area contributed by atoms with Gasteiger partial charge >= 0.3 is 5.69 Å². The van der Waals surface area contributed by atoms with Gasteiger partial charge in [-0.15, -0.1) is 0 Å². The molecule has 4 rings (SSSR count). The lowest BCUT2D eigenvalue weighted by Gasteiger charge is -2.02. The Balaban J connectivity index is 1.68. The van der Waals surface area contributed by atoms with Gasteiger partial charge in [0.1, 0.15) is 11.4 Å². The Morgan fingerprint density at radius 2 is 1.59 bits per heavy atom. The number of nitro benzene ring substituents is 2. The molecule has 0 aliphatic rings. The lowest BCUT2D eigenvalue weighted by Crippen LogP contribution is -1.98. The first kappa shape index (κ1) is 20.4. The molecule has 0 atom stereocenters. The van der Waals surface area contributed by atoms with Crippen LogP contribution in [-0.2, 0) is 0 Å². The van der Waals surface area contributed by atoms with Gasteiger partial charge in [-0.2, -0.15) is 10.2 Å². The number of hydrazone groups is 1. The van der Waals surface area contributed by atoms with Crippen molar-refractivity contribution in [2.24, 2.45) is 5.10 Å². The molecule has 0 fully saturated rings. The highest BCUT2D eigenvalue weighted by atomic mass is 16.6. The van der Waals surface area contributed by atoms with Gasteiger partial charge in [0.15, 0.2) is 0 Å². The van der Waals surface area contributed by atoms with E-state index in [4.69, 9.17) is 0 Å². The molecule has 0 aliphatic carbocycles. The third kappa shape index (κ3) is 4.33. The van der Waals surface area contributed by atoms with Crippen molar-refractivity contribution in [3.8, 4) is 16.9 Å². The molecule has 1 heterocycles. The van der Waals surface area contributed by atoms with Crippen molar-refractivity contribution < 1.29 is 9.85 Å². The van der Waals surface area contributed by atoms with Gasteiger partial charge in [0, 0.05) is 23.4 Å². The van der Waals surface area contributed by atoms with E-state index in [1.54, 1.807) is 10.9 Å². The smallest absolute Gasteiger partial charge is 0.272 e. The summed E-state index contributed by atoms with van der Waals surface area (Å²) >= 11 is 0. The predicted molar refractivity (Wildman–Crippen MR) is 120 cm³/mol. The fraction of sp³-hybridized carbons (Fsp3) is 0. The summed E-state index contributed by atoms with van der Waals surface area (Å²) in [4.78, 5) is 20.8. The van der Waals surface area contributed by atoms with Gasteiger partial charge in [0.2, 0.25) is 0 Å². The maximum Gasteiger partial charge on any atom is 0.301 e. The van der Waals surface area contributed by atoms with Crippen LogP contribution in [0.2, 0.25) is 0 Å². The summed E-state index contributed by atoms with van der Waals surface area (Å²) in [6.07, 6.45) is 3.30. The Labute approximate surface area is 181 Å². The highest BCUT2D eigenvalue weighted by Crippen LogP contribution is 2.29. The lowest BCUT2D eigenvalue weighted by molar-refractivity contribution is -0.393. The van der Waals surface area contributed by atoms with Gasteiger partial charge < -0.3 is 0 Å². The maximum absolute atomic E-state index is 11.3. The van der Waals surface area contributed by atoms with Crippen molar-refractivity contribution in [1.29, 1.82) is 0 Å². The number of nitrogens with one attached hydrogen (secondary N) is 1. The molecule has 0 unspecified atom stereocenters. The molecule has 1 aromatic heterocycles. The molecule has 0 saturated carbocycles. The van der Waals surface area contributed by atoms with Crippen LogP contribution in [0.25, 0.3) is 16.9 Å². The molecule has 4 aromatic rings. The number of hydrogen-bond acceptors (Lipinski definition) is 7. The fourth-order valence-electron chi connectivity index (χ4n) is 3.07. The van der Waals surface area contributed by atoms with Crippen molar-refractivity contribution in [3.05, 3.63) is 111 Å². The first-order valence-electron chi connectivity index (χ1n) is 9.45. The maximum atomic E-state index is 11.3. The fourth-order valence-corrected chi connectivity index (χ4v) is 3.07. The second-order valence-electron chi connectivity index (χ2n) is 6.66. The lowest BCUT2D eigenvalue weighted by atomic mass is 10.1. The quantitative estimate of drug-likeness (QED) is 0.256. The number of hydrogen-bond donors (Lipinski definition) is 1. The normalized spacial score (nSPS) is 10.9. The van der Waals surface area contributed by atoms with Crippen molar-refractivity contribution in [1.82, 2.24) is 9.78 Å². The Morgan fingerprint density at radius 3 is 2.25 bits per heavy atom. The number of benzene rings is 3. The molecule has 3 aromatic carbocycles. The molecule has 32 heavy (non-hydrogen) atoms. The van der Waals surface area contributed by atoms with Crippen molar-refractivity contribution in [2.75, 3.05) is 5.43 Å². The van der Waals surface area contributed by atoms with Gasteiger partial charge in [-0.3, -0.25) is 25.7 Å². The first-order valence-corrected chi connectivity index (χ1v) is 9.45. The average Bonchev–Trinajstić information content (AvgIpc) is 3.24. The molecule has 0 saturated heterocycles. The van der Waals surface area contributed by atoms with Gasteiger partial charge in [0.05, 0.1) is 27.8 Å². The third-order valence-electron chi connectivity index (χ3n) is 4.59. The molecule has 10 heteroatoms. The van der Waals surface area contributed by atoms with E-state index >= 15 is 0 Å². The van der Waals surface area contributed by atoms with Crippen molar-refractivity contribution in [3.63, 3.8) is 0 Å². The van der Waals surface area contributed by atoms with Crippen LogP contribution in [0.1, 0.15) is 5.56 Å². The number of nitro groups is 2. The van der Waals surface area contributed by atoms with Crippen LogP contribution in [0, 0.1) is 20.2 Å². The van der Waals surface area contributed by atoms with Gasteiger partial charge in [-0.05, 0) is 18.2 Å². The summed E-state index contributed by atoms with van der Waals surface area (Å²) in [5.41, 5.74) is 4.92. The summed E-state index contributed by atoms with van der Waals surface area (Å²) in [6, 6.07) is 22.4. The Bertz CT molecular complexity index is 1300. The standard InChI is InChI=1S/C22H16N6O4/c29-27(30)19-11-12-20(21(13-19)28(31)32)24-23-14-17-15-26(18-9-5-2-6-10-18)25-22(17)16-7-3-1-4-8-16/h1-15,24H/b23-14+. The van der Waals surface area contributed by atoms with Crippen LogP contribution in [0.4, 0.5) is 17.1 Å². The summed E-state index contributed by atoms with van der Waals surface area (Å²) in [6.45, 7) is 0. The van der Waals surface area contributed by atoms with Crippen LogP contribution in [0.5, 0.6) is 0 Å². The zero-order valence-corrected chi connectivity index (χ0v) is 16.5. The summed E-state index contributed by atoms with van der Waals surface area (Å²) < 4.78 is 1.72. The second kappa shape index (κ2) is 8.88. The van der Waals surface area contributed by atoms with E-state index in [2.05, 4.69) is 15.6 Å². The molecular formula is C22H16N6O4. The topological polar surface area (TPSA) is 128 Å². The Morgan fingerprint density at radius 1 is 0.906 bits per heavy atom. The molecule has 0 spiro atoms. The predicted octanol–water partition coefficient (Wildman–Crippen LogP) is 4.80. The summed E-state index contributed by atoms with van der Waals surface area (Å²) in [7, 11) is 0. The SMILES string of the molecule is O=[N+]([O-])c1ccc(N/N=C/c2cn(-c3ccccc3)nc2-c2ccccc2)c([N+](=O)[O-])c1. The molecule has 10 nitrogen and oxygen atoms in total. The van der Waals surface area contributed by atoms with E-state index in [1.807, 2.05) is 60.7 Å². The molecule has 0 bridgehead atoms. The highest BCUT2D eigenvalue weighted by Gasteiger charge is 2.19. The zero-order chi connectivity index (χ0) is 22.5. The van der Waals surface area contributed by atoms with Crippen LogP contribution >= 0.6 is 0 Å². The van der Waals surface area contributed by atoms with Crippen LogP contribution in [0.15, 0.2) is 90.2 Å². The van der Waals surface area contributed by atoms with Crippen LogP contribution in [-0.4, -0.2) is 25.8 Å². The van der Waals surface area contributed by atoms with E-state index in [0.717, 1.165) is 17.3 Å². The Hall–Kier alpha value is -4.86. The largest absolute Gasteiger partial charge is 0.301 e. The molecule has 0 aliphatic heterocycles. The average molecular weight is 428 g/mol. The van der Waals surface area contributed by atoms with E-state index in [-0.39, 0.29) is 11.4 Å². The van der Waals surface area contributed by atoms with E-state index in [0.29, 0.717) is 11.3 Å². The minimum atomic E-state index is -0.701. The minimum Gasteiger partial charge on any atom is -0.272 e. The zero-order valence-electron chi connectivity index (χ0n) is 16.5. The van der Waals surface area contributed by atoms with Gasteiger partial charge in [0.25, 0.3) is 5.69 Å². The monoisotopic (exact) mass is 428 g/mol. The van der Waals surface area contributed by atoms with Gasteiger partial charge in [-0.25, -0.2) is 4.68 Å². The molecule has 0 amide bonds. The second-order valence-corrected chi connectivity index (χ2v) is 6.66. The Kier molecular flexibility index (Phi) is 5.66. The van der Waals surface area contributed by atoms with E-state index in [1.165, 1.54) is 18.3 Å². The van der Waals surface area contributed by atoms with E-state index in [9.17, 15) is 20.2 Å².